The van der Waals surface area contributed by atoms with Gasteiger partial charge in [-0.05, 0) is 50.8 Å². The molecule has 0 saturated heterocycles. The molecule has 1 aliphatic rings. The molecule has 0 radical (unpaired) electrons. The van der Waals surface area contributed by atoms with Gasteiger partial charge in [0.25, 0.3) is 0 Å². The Labute approximate surface area is 168 Å². The minimum Gasteiger partial charge on any atom is -0.489 e. The van der Waals surface area contributed by atoms with Gasteiger partial charge in [-0.3, -0.25) is 0 Å². The van der Waals surface area contributed by atoms with Crippen LogP contribution in [0.25, 0.3) is 0 Å². The van der Waals surface area contributed by atoms with Crippen molar-refractivity contribution >= 4 is 24.0 Å². The summed E-state index contributed by atoms with van der Waals surface area (Å²) in [6, 6.07) is 16.0. The molecule has 0 heterocycles. The average Bonchev–Trinajstić information content (AvgIpc) is 2.66. The Bertz CT molecular complexity index is 715. The van der Waals surface area contributed by atoms with Crippen molar-refractivity contribution in [2.24, 2.45) is 0 Å². The number of hydrogen-bond donors (Lipinski definition) is 1. The molecule has 0 saturated carbocycles. The zero-order chi connectivity index (χ0) is 17.3. The summed E-state index contributed by atoms with van der Waals surface area (Å²) >= 11 is 6.21. The average molecular weight is 392 g/mol. The van der Waals surface area contributed by atoms with Crippen molar-refractivity contribution in [3.05, 3.63) is 76.3 Å². The van der Waals surface area contributed by atoms with Crippen molar-refractivity contribution < 1.29 is 4.74 Å². The summed E-state index contributed by atoms with van der Waals surface area (Å²) in [6.07, 6.45) is 8.82. The first-order valence-corrected chi connectivity index (χ1v) is 9.53. The summed E-state index contributed by atoms with van der Waals surface area (Å²) in [5.74, 6) is 0.923. The monoisotopic (exact) mass is 391 g/mol. The van der Waals surface area contributed by atoms with Crippen molar-refractivity contribution in [1.82, 2.24) is 5.32 Å². The molecular formula is C22H27Cl2NO. The number of hydrogen-bond acceptors (Lipinski definition) is 2. The minimum atomic E-state index is 0. The predicted octanol–water partition coefficient (Wildman–Crippen LogP) is 6.32. The van der Waals surface area contributed by atoms with Crippen LogP contribution in [0.1, 0.15) is 43.2 Å². The molecule has 0 atom stereocenters. The van der Waals surface area contributed by atoms with Crippen LogP contribution >= 0.6 is 24.0 Å². The molecule has 0 amide bonds. The maximum atomic E-state index is 6.21. The van der Waals surface area contributed by atoms with E-state index in [9.17, 15) is 0 Å². The zero-order valence-corrected chi connectivity index (χ0v) is 16.6. The maximum Gasteiger partial charge on any atom is 0.124 e. The molecule has 0 unspecified atom stereocenters. The topological polar surface area (TPSA) is 21.3 Å². The van der Waals surface area contributed by atoms with Gasteiger partial charge in [-0.15, -0.1) is 12.4 Å². The van der Waals surface area contributed by atoms with Gasteiger partial charge in [0.2, 0.25) is 0 Å². The standard InChI is InChI=1S/C22H26ClNO.ClH/c23-21-12-6-4-11-20(21)17-25-22-13-7-5-10-19(22)16-24-15-14-18-8-2-1-3-9-18;/h4-8,10-13,24H,1-3,9,14-17H2;1H. The van der Waals surface area contributed by atoms with Crippen LogP contribution in [0.2, 0.25) is 5.02 Å². The molecule has 1 N–H and O–H groups in total. The van der Waals surface area contributed by atoms with Gasteiger partial charge in [-0.25, -0.2) is 0 Å². The van der Waals surface area contributed by atoms with Crippen LogP contribution in [-0.4, -0.2) is 6.54 Å². The number of benzene rings is 2. The van der Waals surface area contributed by atoms with Crippen LogP contribution in [-0.2, 0) is 13.2 Å². The number of halogens is 2. The van der Waals surface area contributed by atoms with Crippen LogP contribution in [0.3, 0.4) is 0 Å². The van der Waals surface area contributed by atoms with Crippen LogP contribution in [0.15, 0.2) is 60.2 Å². The second-order valence-corrected chi connectivity index (χ2v) is 6.93. The number of nitrogens with one attached hydrogen (secondary N) is 1. The third-order valence-electron chi connectivity index (χ3n) is 4.64. The Morgan fingerprint density at radius 3 is 2.50 bits per heavy atom. The van der Waals surface area contributed by atoms with Crippen LogP contribution in [0.4, 0.5) is 0 Å². The lowest BCUT2D eigenvalue weighted by molar-refractivity contribution is 0.302. The van der Waals surface area contributed by atoms with Gasteiger partial charge in [0.15, 0.2) is 0 Å². The summed E-state index contributed by atoms with van der Waals surface area (Å²) in [7, 11) is 0. The van der Waals surface area contributed by atoms with Gasteiger partial charge in [-0.2, -0.15) is 0 Å². The van der Waals surface area contributed by atoms with E-state index in [0.717, 1.165) is 35.8 Å². The van der Waals surface area contributed by atoms with Crippen molar-refractivity contribution in [1.29, 1.82) is 0 Å². The van der Waals surface area contributed by atoms with Crippen LogP contribution in [0.5, 0.6) is 5.75 Å². The highest BCUT2D eigenvalue weighted by atomic mass is 35.5. The summed E-state index contributed by atoms with van der Waals surface area (Å²) < 4.78 is 6.02. The van der Waals surface area contributed by atoms with Crippen molar-refractivity contribution in [3.63, 3.8) is 0 Å². The first-order valence-electron chi connectivity index (χ1n) is 9.15. The number of allylic oxidation sites excluding steroid dienone is 1. The third-order valence-corrected chi connectivity index (χ3v) is 5.01. The quantitative estimate of drug-likeness (QED) is 0.419. The van der Waals surface area contributed by atoms with E-state index in [0.29, 0.717) is 6.61 Å². The Hall–Kier alpha value is -1.48. The van der Waals surface area contributed by atoms with Crippen molar-refractivity contribution in [2.45, 2.75) is 45.3 Å². The van der Waals surface area contributed by atoms with Gasteiger partial charge in [0, 0.05) is 22.7 Å². The van der Waals surface area contributed by atoms with E-state index in [1.54, 1.807) is 5.57 Å². The first kappa shape index (κ1) is 20.8. The SMILES string of the molecule is Cl.Clc1ccccc1COc1ccccc1CNCCC1=CCCCC1. The molecule has 0 spiro atoms. The van der Waals surface area contributed by atoms with Gasteiger partial charge in [-0.1, -0.05) is 59.6 Å². The lowest BCUT2D eigenvalue weighted by Gasteiger charge is -2.15. The highest BCUT2D eigenvalue weighted by molar-refractivity contribution is 6.31. The zero-order valence-electron chi connectivity index (χ0n) is 15.0. The molecule has 2 aromatic rings. The fourth-order valence-electron chi connectivity index (χ4n) is 3.17. The van der Waals surface area contributed by atoms with E-state index >= 15 is 0 Å². The highest BCUT2D eigenvalue weighted by Crippen LogP contribution is 2.22. The van der Waals surface area contributed by atoms with E-state index in [2.05, 4.69) is 23.5 Å². The molecule has 0 aromatic heterocycles. The molecule has 0 aliphatic heterocycles. The molecule has 3 rings (SSSR count). The van der Waals surface area contributed by atoms with Crippen LogP contribution < -0.4 is 10.1 Å². The number of rotatable bonds is 8. The first-order chi connectivity index (χ1) is 12.3. The van der Waals surface area contributed by atoms with E-state index < -0.39 is 0 Å². The van der Waals surface area contributed by atoms with Crippen molar-refractivity contribution in [2.75, 3.05) is 6.54 Å². The Kier molecular flexibility index (Phi) is 9.04. The molecule has 140 valence electrons. The smallest absolute Gasteiger partial charge is 0.124 e. The van der Waals surface area contributed by atoms with E-state index in [4.69, 9.17) is 16.3 Å². The van der Waals surface area contributed by atoms with Gasteiger partial charge in [0.05, 0.1) is 0 Å². The third kappa shape index (κ3) is 6.35. The summed E-state index contributed by atoms with van der Waals surface area (Å²) in [6.45, 7) is 2.33. The largest absolute Gasteiger partial charge is 0.489 e. The van der Waals surface area contributed by atoms with Gasteiger partial charge in [0.1, 0.15) is 12.4 Å². The summed E-state index contributed by atoms with van der Waals surface area (Å²) in [5.41, 5.74) is 3.81. The molecule has 4 heteroatoms. The second-order valence-electron chi connectivity index (χ2n) is 6.52. The molecular weight excluding hydrogens is 365 g/mol. The van der Waals surface area contributed by atoms with E-state index in [1.807, 2.05) is 36.4 Å². The number of para-hydroxylation sites is 1. The molecule has 0 bridgehead atoms. The molecule has 0 fully saturated rings. The van der Waals surface area contributed by atoms with E-state index in [1.165, 1.54) is 31.2 Å². The minimum absolute atomic E-state index is 0. The normalized spacial score (nSPS) is 13.7. The summed E-state index contributed by atoms with van der Waals surface area (Å²) in [5, 5.41) is 4.30. The number of ether oxygens (including phenoxy) is 1. The maximum absolute atomic E-state index is 6.21. The fraction of sp³-hybridized carbons (Fsp3) is 0.364. The Morgan fingerprint density at radius 2 is 1.73 bits per heavy atom. The second kappa shape index (κ2) is 11.3. The van der Waals surface area contributed by atoms with Crippen LogP contribution in [0, 0.1) is 0 Å². The lowest BCUT2D eigenvalue weighted by atomic mass is 9.97. The highest BCUT2D eigenvalue weighted by Gasteiger charge is 2.06. The summed E-state index contributed by atoms with van der Waals surface area (Å²) in [4.78, 5) is 0. The van der Waals surface area contributed by atoms with Crippen molar-refractivity contribution in [3.8, 4) is 5.75 Å². The Morgan fingerprint density at radius 1 is 0.962 bits per heavy atom. The van der Waals surface area contributed by atoms with E-state index in [-0.39, 0.29) is 12.4 Å². The molecule has 1 aliphatic carbocycles. The van der Waals surface area contributed by atoms with Gasteiger partial charge >= 0.3 is 0 Å². The lowest BCUT2D eigenvalue weighted by Crippen LogP contribution is -2.16. The molecule has 2 nitrogen and oxygen atoms in total. The van der Waals surface area contributed by atoms with Gasteiger partial charge < -0.3 is 10.1 Å². The fourth-order valence-corrected chi connectivity index (χ4v) is 3.36. The predicted molar refractivity (Wildman–Crippen MR) is 112 cm³/mol. The Balaban J connectivity index is 0.00000243. The molecule has 26 heavy (non-hydrogen) atoms. The molecule has 2 aromatic carbocycles.